The van der Waals surface area contributed by atoms with Crippen molar-refractivity contribution in [2.75, 3.05) is 31.1 Å². The van der Waals surface area contributed by atoms with Gasteiger partial charge >= 0.3 is 0 Å². The molecule has 23 heavy (non-hydrogen) atoms. The number of rotatable bonds is 2. The van der Waals surface area contributed by atoms with Crippen molar-refractivity contribution in [3.05, 3.63) is 64.2 Å². The molecule has 2 nitrogen and oxygen atoms in total. The van der Waals surface area contributed by atoms with E-state index in [2.05, 4.69) is 59.2 Å². The summed E-state index contributed by atoms with van der Waals surface area (Å²) in [5.41, 5.74) is 5.50. The lowest BCUT2D eigenvalue weighted by Crippen LogP contribution is -2.50. The van der Waals surface area contributed by atoms with Crippen LogP contribution in [-0.4, -0.2) is 37.1 Å². The minimum absolute atomic E-state index is 0.691. The number of aryl methyl sites for hydroxylation is 1. The van der Waals surface area contributed by atoms with Gasteiger partial charge in [0.1, 0.15) is 0 Å². The number of anilines is 1. The fourth-order valence-corrected chi connectivity index (χ4v) is 4.09. The zero-order valence-corrected chi connectivity index (χ0v) is 14.4. The second kappa shape index (κ2) is 6.18. The first-order valence-electron chi connectivity index (χ1n) is 8.52. The summed E-state index contributed by atoms with van der Waals surface area (Å²) in [6, 6.07) is 16.0. The van der Waals surface area contributed by atoms with E-state index in [1.807, 2.05) is 0 Å². The molecule has 0 unspecified atom stereocenters. The summed E-state index contributed by atoms with van der Waals surface area (Å²) in [7, 11) is 0. The van der Waals surface area contributed by atoms with Crippen molar-refractivity contribution < 1.29 is 0 Å². The van der Waals surface area contributed by atoms with Gasteiger partial charge in [-0.25, -0.2) is 0 Å². The fourth-order valence-electron chi connectivity index (χ4n) is 3.92. The summed E-state index contributed by atoms with van der Waals surface area (Å²) >= 11 is 6.28. The van der Waals surface area contributed by atoms with E-state index in [4.69, 9.17) is 11.6 Å². The number of halogens is 1. The van der Waals surface area contributed by atoms with Crippen LogP contribution in [0.25, 0.3) is 0 Å². The number of fused-ring (bicyclic) bond motifs is 1. The van der Waals surface area contributed by atoms with Gasteiger partial charge in [0.15, 0.2) is 0 Å². The van der Waals surface area contributed by atoms with E-state index in [9.17, 15) is 0 Å². The van der Waals surface area contributed by atoms with Crippen molar-refractivity contribution in [3.8, 4) is 0 Å². The molecule has 0 bridgehead atoms. The van der Waals surface area contributed by atoms with Crippen LogP contribution in [0.4, 0.5) is 5.69 Å². The highest BCUT2D eigenvalue weighted by atomic mass is 35.5. The van der Waals surface area contributed by atoms with E-state index in [1.165, 1.54) is 18.5 Å². The molecule has 1 saturated heterocycles. The maximum absolute atomic E-state index is 6.28. The Bertz CT molecular complexity index is 680. The lowest BCUT2D eigenvalue weighted by Gasteiger charge is -2.39. The largest absolute Gasteiger partial charge is 0.369 e. The number of nitrogens with zero attached hydrogens (tertiary/aromatic N) is 2. The maximum Gasteiger partial charge on any atom is 0.0455 e. The number of benzene rings is 2. The first kappa shape index (κ1) is 15.0. The van der Waals surface area contributed by atoms with Crippen LogP contribution < -0.4 is 4.90 Å². The van der Waals surface area contributed by atoms with Gasteiger partial charge in [0, 0.05) is 42.9 Å². The highest BCUT2D eigenvalue weighted by molar-refractivity contribution is 6.31. The summed E-state index contributed by atoms with van der Waals surface area (Å²) in [5, 5.41) is 0.871. The third-order valence-corrected chi connectivity index (χ3v) is 5.79. The Morgan fingerprint density at radius 2 is 1.57 bits per heavy atom. The Labute approximate surface area is 143 Å². The molecular formula is C20H23ClN2. The molecule has 120 valence electrons. The first-order valence-corrected chi connectivity index (χ1v) is 8.90. The highest BCUT2D eigenvalue weighted by Crippen LogP contribution is 2.28. The second-order valence-electron chi connectivity index (χ2n) is 6.79. The zero-order chi connectivity index (χ0) is 15.8. The van der Waals surface area contributed by atoms with Crippen LogP contribution in [-0.2, 0) is 12.8 Å². The van der Waals surface area contributed by atoms with Gasteiger partial charge in [-0.1, -0.05) is 41.9 Å². The lowest BCUT2D eigenvalue weighted by molar-refractivity contribution is 0.190. The Kier molecular flexibility index (Phi) is 4.04. The van der Waals surface area contributed by atoms with Gasteiger partial charge in [-0.2, -0.15) is 0 Å². The molecule has 1 aliphatic heterocycles. The summed E-state index contributed by atoms with van der Waals surface area (Å²) in [4.78, 5) is 5.14. The van der Waals surface area contributed by atoms with Gasteiger partial charge in [0.25, 0.3) is 0 Å². The Hall–Kier alpha value is -1.51. The molecule has 2 aromatic carbocycles. The molecule has 1 aliphatic carbocycles. The van der Waals surface area contributed by atoms with Crippen LogP contribution >= 0.6 is 11.6 Å². The molecule has 0 atom stereocenters. The molecule has 4 rings (SSSR count). The molecule has 3 heteroatoms. The van der Waals surface area contributed by atoms with Crippen molar-refractivity contribution in [2.24, 2.45) is 0 Å². The van der Waals surface area contributed by atoms with Crippen LogP contribution in [0.2, 0.25) is 5.02 Å². The third-order valence-electron chi connectivity index (χ3n) is 5.38. The van der Waals surface area contributed by atoms with Crippen molar-refractivity contribution in [1.82, 2.24) is 4.90 Å². The summed E-state index contributed by atoms with van der Waals surface area (Å²) in [5.74, 6) is 0. The Morgan fingerprint density at radius 1 is 0.913 bits per heavy atom. The van der Waals surface area contributed by atoms with Gasteiger partial charge in [0.2, 0.25) is 0 Å². The normalized spacial score (nSPS) is 19.1. The maximum atomic E-state index is 6.28. The van der Waals surface area contributed by atoms with Crippen molar-refractivity contribution in [1.29, 1.82) is 0 Å². The standard InChI is InChI=1S/C20H23ClN2/c1-15-6-7-18(14-20(15)21)22-8-10-23(11-9-22)19-12-16-4-2-3-5-17(16)13-19/h2-7,14,19H,8-13H2,1H3. The van der Waals surface area contributed by atoms with Gasteiger partial charge in [-0.3, -0.25) is 4.90 Å². The summed E-state index contributed by atoms with van der Waals surface area (Å²) in [6.07, 6.45) is 2.43. The van der Waals surface area contributed by atoms with Crippen molar-refractivity contribution >= 4 is 17.3 Å². The molecule has 2 aromatic rings. The first-order chi connectivity index (χ1) is 11.2. The van der Waals surface area contributed by atoms with Crippen LogP contribution in [0.5, 0.6) is 0 Å². The van der Waals surface area contributed by atoms with Crippen LogP contribution in [0, 0.1) is 6.92 Å². The molecule has 0 amide bonds. The van der Waals surface area contributed by atoms with Crippen LogP contribution in [0.3, 0.4) is 0 Å². The third kappa shape index (κ3) is 2.98. The average molecular weight is 327 g/mol. The van der Waals surface area contributed by atoms with Crippen molar-refractivity contribution in [2.45, 2.75) is 25.8 Å². The van der Waals surface area contributed by atoms with Crippen molar-refractivity contribution in [3.63, 3.8) is 0 Å². The van der Waals surface area contributed by atoms with E-state index in [0.29, 0.717) is 6.04 Å². The molecule has 0 radical (unpaired) electrons. The zero-order valence-electron chi connectivity index (χ0n) is 13.6. The molecule has 1 heterocycles. The second-order valence-corrected chi connectivity index (χ2v) is 7.19. The number of hydrogen-bond acceptors (Lipinski definition) is 2. The van der Waals surface area contributed by atoms with E-state index >= 15 is 0 Å². The average Bonchev–Trinajstić information content (AvgIpc) is 3.02. The van der Waals surface area contributed by atoms with Gasteiger partial charge in [0.05, 0.1) is 0 Å². The SMILES string of the molecule is Cc1ccc(N2CCN(C3Cc4ccccc4C3)CC2)cc1Cl. The molecule has 0 aromatic heterocycles. The minimum Gasteiger partial charge on any atom is -0.369 e. The predicted octanol–water partition coefficient (Wildman–Crippen LogP) is 3.94. The smallest absolute Gasteiger partial charge is 0.0455 e. The molecule has 1 fully saturated rings. The van der Waals surface area contributed by atoms with E-state index in [1.54, 1.807) is 11.1 Å². The Balaban J connectivity index is 1.39. The highest BCUT2D eigenvalue weighted by Gasteiger charge is 2.29. The molecule has 0 N–H and O–H groups in total. The molecule has 2 aliphatic rings. The fraction of sp³-hybridized carbons (Fsp3) is 0.400. The van der Waals surface area contributed by atoms with E-state index in [-0.39, 0.29) is 0 Å². The minimum atomic E-state index is 0.691. The number of piperazine rings is 1. The van der Waals surface area contributed by atoms with Gasteiger partial charge in [-0.05, 0) is 48.6 Å². The van der Waals surface area contributed by atoms with E-state index < -0.39 is 0 Å². The van der Waals surface area contributed by atoms with Crippen LogP contribution in [0.15, 0.2) is 42.5 Å². The van der Waals surface area contributed by atoms with E-state index in [0.717, 1.165) is 36.8 Å². The summed E-state index contributed by atoms with van der Waals surface area (Å²) in [6.45, 7) is 6.52. The molecule has 0 spiro atoms. The Morgan fingerprint density at radius 3 is 2.17 bits per heavy atom. The monoisotopic (exact) mass is 326 g/mol. The predicted molar refractivity (Wildman–Crippen MR) is 97.6 cm³/mol. The summed E-state index contributed by atoms with van der Waals surface area (Å²) < 4.78 is 0. The lowest BCUT2D eigenvalue weighted by atomic mass is 10.1. The van der Waals surface area contributed by atoms with Gasteiger partial charge < -0.3 is 4.90 Å². The topological polar surface area (TPSA) is 6.48 Å². The quantitative estimate of drug-likeness (QED) is 0.825. The van der Waals surface area contributed by atoms with Gasteiger partial charge in [-0.15, -0.1) is 0 Å². The van der Waals surface area contributed by atoms with Crippen LogP contribution in [0.1, 0.15) is 16.7 Å². The number of hydrogen-bond donors (Lipinski definition) is 0. The molecule has 0 saturated carbocycles. The molecular weight excluding hydrogens is 304 g/mol.